The van der Waals surface area contributed by atoms with Gasteiger partial charge in [-0.2, -0.15) is 0 Å². The first-order valence-corrected chi connectivity index (χ1v) is 4.22. The first kappa shape index (κ1) is 10.4. The van der Waals surface area contributed by atoms with E-state index in [0.29, 0.717) is 13.0 Å². The number of carbonyl (C=O) groups is 1. The second-order valence-electron chi connectivity index (χ2n) is 3.00. The molecular formula is C8H15NO4. The van der Waals surface area contributed by atoms with Crippen molar-refractivity contribution < 1.29 is 19.0 Å². The third kappa shape index (κ3) is 2.65. The maximum atomic E-state index is 10.7. The molecule has 0 aliphatic carbocycles. The van der Waals surface area contributed by atoms with Gasteiger partial charge in [-0.1, -0.05) is 0 Å². The normalized spacial score (nSPS) is 34.2. The van der Waals surface area contributed by atoms with Crippen LogP contribution in [0.25, 0.3) is 0 Å². The van der Waals surface area contributed by atoms with Gasteiger partial charge in [0, 0.05) is 20.1 Å². The lowest BCUT2D eigenvalue weighted by molar-refractivity contribution is -0.220. The fourth-order valence-electron chi connectivity index (χ4n) is 1.32. The van der Waals surface area contributed by atoms with E-state index in [1.54, 1.807) is 0 Å². The van der Waals surface area contributed by atoms with Gasteiger partial charge >= 0.3 is 5.97 Å². The van der Waals surface area contributed by atoms with Gasteiger partial charge in [-0.05, 0) is 6.42 Å². The van der Waals surface area contributed by atoms with Crippen molar-refractivity contribution in [2.45, 2.75) is 31.8 Å². The van der Waals surface area contributed by atoms with Crippen molar-refractivity contribution in [2.75, 3.05) is 13.7 Å². The molecule has 1 aliphatic heterocycles. The summed E-state index contributed by atoms with van der Waals surface area (Å²) in [5, 5.41) is 0. The fraction of sp³-hybridized carbons (Fsp3) is 0.875. The average Bonchev–Trinajstić information content (AvgIpc) is 2.08. The van der Waals surface area contributed by atoms with Crippen LogP contribution in [-0.2, 0) is 19.0 Å². The molecule has 0 spiro atoms. The third-order valence-corrected chi connectivity index (χ3v) is 1.96. The molecule has 0 saturated carbocycles. The van der Waals surface area contributed by atoms with Crippen LogP contribution in [0.15, 0.2) is 0 Å². The maximum Gasteiger partial charge on any atom is 0.303 e. The Morgan fingerprint density at radius 2 is 2.31 bits per heavy atom. The smallest absolute Gasteiger partial charge is 0.303 e. The van der Waals surface area contributed by atoms with Gasteiger partial charge in [-0.25, -0.2) is 0 Å². The molecule has 0 aromatic carbocycles. The summed E-state index contributed by atoms with van der Waals surface area (Å²) in [5.74, 6) is -0.368. The van der Waals surface area contributed by atoms with E-state index in [0.717, 1.165) is 0 Å². The van der Waals surface area contributed by atoms with Crippen LogP contribution in [0.5, 0.6) is 0 Å². The zero-order valence-corrected chi connectivity index (χ0v) is 7.86. The summed E-state index contributed by atoms with van der Waals surface area (Å²) in [6.07, 6.45) is -0.346. The van der Waals surface area contributed by atoms with E-state index in [9.17, 15) is 4.79 Å². The van der Waals surface area contributed by atoms with E-state index >= 15 is 0 Å². The number of methoxy groups -OCH3 is 1. The Labute approximate surface area is 77.1 Å². The number of rotatable bonds is 2. The van der Waals surface area contributed by atoms with E-state index < -0.39 is 12.4 Å². The minimum atomic E-state index is -0.535. The lowest BCUT2D eigenvalue weighted by atomic mass is 10.1. The van der Waals surface area contributed by atoms with Crippen LogP contribution in [0.3, 0.4) is 0 Å². The standard InChI is InChI=1S/C8H15NO4/c1-5(10)13-7-6(9)3-4-12-8(7)11-2/h6-8H,3-4,9H2,1-2H3. The third-order valence-electron chi connectivity index (χ3n) is 1.96. The van der Waals surface area contributed by atoms with Gasteiger partial charge in [0.25, 0.3) is 0 Å². The van der Waals surface area contributed by atoms with Crippen molar-refractivity contribution >= 4 is 5.97 Å². The molecule has 5 heteroatoms. The van der Waals surface area contributed by atoms with Gasteiger partial charge in [0.15, 0.2) is 12.4 Å². The lowest BCUT2D eigenvalue weighted by Gasteiger charge is -2.34. The second-order valence-corrected chi connectivity index (χ2v) is 3.00. The monoisotopic (exact) mass is 189 g/mol. The minimum absolute atomic E-state index is 0.206. The molecule has 13 heavy (non-hydrogen) atoms. The molecule has 1 fully saturated rings. The Morgan fingerprint density at radius 3 is 2.85 bits per heavy atom. The number of ether oxygens (including phenoxy) is 3. The maximum absolute atomic E-state index is 10.7. The minimum Gasteiger partial charge on any atom is -0.455 e. The number of carbonyl (C=O) groups excluding carboxylic acids is 1. The van der Waals surface area contributed by atoms with Gasteiger partial charge in [-0.3, -0.25) is 4.79 Å². The zero-order valence-electron chi connectivity index (χ0n) is 7.86. The van der Waals surface area contributed by atoms with Crippen LogP contribution >= 0.6 is 0 Å². The van der Waals surface area contributed by atoms with Gasteiger partial charge < -0.3 is 19.9 Å². The average molecular weight is 189 g/mol. The molecule has 0 radical (unpaired) electrons. The largest absolute Gasteiger partial charge is 0.455 e. The van der Waals surface area contributed by atoms with E-state index in [4.69, 9.17) is 19.9 Å². The van der Waals surface area contributed by atoms with Crippen molar-refractivity contribution in [3.05, 3.63) is 0 Å². The molecule has 3 atom stereocenters. The van der Waals surface area contributed by atoms with Gasteiger partial charge in [0.1, 0.15) is 0 Å². The van der Waals surface area contributed by atoms with E-state index in [2.05, 4.69) is 0 Å². The number of hydrogen-bond acceptors (Lipinski definition) is 5. The highest BCUT2D eigenvalue weighted by Gasteiger charge is 2.34. The van der Waals surface area contributed by atoms with Gasteiger partial charge in [-0.15, -0.1) is 0 Å². The van der Waals surface area contributed by atoms with Crippen molar-refractivity contribution in [3.63, 3.8) is 0 Å². The van der Waals surface area contributed by atoms with Crippen molar-refractivity contribution in [3.8, 4) is 0 Å². The Morgan fingerprint density at radius 1 is 1.62 bits per heavy atom. The fourth-order valence-corrected chi connectivity index (χ4v) is 1.32. The molecule has 0 amide bonds. The number of esters is 1. The van der Waals surface area contributed by atoms with Crippen LogP contribution in [0.4, 0.5) is 0 Å². The number of hydrogen-bond donors (Lipinski definition) is 1. The summed E-state index contributed by atoms with van der Waals surface area (Å²) in [5.41, 5.74) is 5.76. The Kier molecular flexibility index (Phi) is 3.65. The van der Waals surface area contributed by atoms with Crippen LogP contribution < -0.4 is 5.73 Å². The van der Waals surface area contributed by atoms with E-state index in [1.165, 1.54) is 14.0 Å². The van der Waals surface area contributed by atoms with Gasteiger partial charge in [0.2, 0.25) is 0 Å². The van der Waals surface area contributed by atoms with Crippen molar-refractivity contribution in [2.24, 2.45) is 5.73 Å². The SMILES string of the molecule is COC1OCCC(N)C1OC(C)=O. The molecule has 5 nitrogen and oxygen atoms in total. The van der Waals surface area contributed by atoms with Crippen LogP contribution in [0.2, 0.25) is 0 Å². The van der Waals surface area contributed by atoms with Crippen LogP contribution in [0, 0.1) is 0 Å². The summed E-state index contributed by atoms with van der Waals surface area (Å²) in [6.45, 7) is 1.88. The predicted molar refractivity (Wildman–Crippen MR) is 44.9 cm³/mol. The van der Waals surface area contributed by atoms with E-state index in [-0.39, 0.29) is 12.0 Å². The Bertz CT molecular complexity index is 185. The van der Waals surface area contributed by atoms with Gasteiger partial charge in [0.05, 0.1) is 6.61 Å². The molecule has 0 aromatic heterocycles. The number of nitrogens with two attached hydrogens (primary N) is 1. The van der Waals surface area contributed by atoms with Crippen LogP contribution in [0.1, 0.15) is 13.3 Å². The quantitative estimate of drug-likeness (QED) is 0.600. The van der Waals surface area contributed by atoms with Crippen LogP contribution in [-0.4, -0.2) is 38.1 Å². The highest BCUT2D eigenvalue weighted by molar-refractivity contribution is 5.66. The molecule has 3 unspecified atom stereocenters. The highest BCUT2D eigenvalue weighted by atomic mass is 16.7. The summed E-state index contributed by atoms with van der Waals surface area (Å²) in [7, 11) is 1.50. The lowest BCUT2D eigenvalue weighted by Crippen LogP contribution is -2.51. The molecule has 1 heterocycles. The molecule has 1 aliphatic rings. The first-order chi connectivity index (χ1) is 6.15. The molecule has 2 N–H and O–H groups in total. The Hall–Kier alpha value is -0.650. The first-order valence-electron chi connectivity index (χ1n) is 4.22. The predicted octanol–water partition coefficient (Wildman–Crippen LogP) is -0.362. The summed E-state index contributed by atoms with van der Waals surface area (Å²) >= 11 is 0. The topological polar surface area (TPSA) is 70.8 Å². The molecule has 1 saturated heterocycles. The molecular weight excluding hydrogens is 174 g/mol. The molecule has 0 aromatic rings. The molecule has 1 rings (SSSR count). The summed E-state index contributed by atoms with van der Waals surface area (Å²) in [6, 6.07) is -0.206. The zero-order chi connectivity index (χ0) is 9.84. The van der Waals surface area contributed by atoms with E-state index in [1.807, 2.05) is 0 Å². The van der Waals surface area contributed by atoms with Crippen molar-refractivity contribution in [1.82, 2.24) is 0 Å². The molecule has 0 bridgehead atoms. The Balaban J connectivity index is 2.56. The van der Waals surface area contributed by atoms with Crippen molar-refractivity contribution in [1.29, 1.82) is 0 Å². The summed E-state index contributed by atoms with van der Waals surface area (Å²) < 4.78 is 15.2. The second kappa shape index (κ2) is 4.55. The highest BCUT2D eigenvalue weighted by Crippen LogP contribution is 2.17. The summed E-state index contributed by atoms with van der Waals surface area (Å²) in [4.78, 5) is 10.7. The molecule has 76 valence electrons.